The number of aliphatic hydroxyl groups excluding tert-OH is 1. The van der Waals surface area contributed by atoms with E-state index in [1.165, 1.54) is 0 Å². The van der Waals surface area contributed by atoms with Gasteiger partial charge in [-0.2, -0.15) is 13.2 Å². The first-order valence-corrected chi connectivity index (χ1v) is 4.36. The molecule has 0 radical (unpaired) electrons. The molecule has 1 fully saturated rings. The summed E-state index contributed by atoms with van der Waals surface area (Å²) in [5, 5.41) is 15.6. The van der Waals surface area contributed by atoms with Crippen LogP contribution in [0, 0.1) is 0 Å². The van der Waals surface area contributed by atoms with Crippen molar-refractivity contribution >= 4 is 6.29 Å². The minimum Gasteiger partial charge on any atom is -0.391 e. The fourth-order valence-electron chi connectivity index (χ4n) is 1.03. The van der Waals surface area contributed by atoms with E-state index >= 15 is 0 Å². The lowest BCUT2D eigenvalue weighted by molar-refractivity contribution is -0.156. The Balaban J connectivity index is 0.000000325. The summed E-state index contributed by atoms with van der Waals surface area (Å²) in [4.78, 5) is 11.3. The van der Waals surface area contributed by atoms with Crippen molar-refractivity contribution in [3.05, 3.63) is 10.4 Å². The smallest absolute Gasteiger partial charge is 0.391 e. The van der Waals surface area contributed by atoms with Crippen LogP contribution in [0.3, 0.4) is 0 Å². The molecule has 0 amide bonds. The Hall–Kier alpha value is -1.31. The van der Waals surface area contributed by atoms with E-state index in [4.69, 9.17) is 10.3 Å². The summed E-state index contributed by atoms with van der Waals surface area (Å²) in [5.74, 6) is 0. The average molecular weight is 240 g/mol. The van der Waals surface area contributed by atoms with Crippen LogP contribution in [0.2, 0.25) is 0 Å². The van der Waals surface area contributed by atoms with Crippen molar-refractivity contribution in [1.82, 2.24) is 5.32 Å². The normalized spacial score (nSPS) is 24.8. The number of aldehydes is 1. The second kappa shape index (κ2) is 7.04. The van der Waals surface area contributed by atoms with Crippen molar-refractivity contribution in [2.75, 3.05) is 13.1 Å². The molecule has 0 aliphatic carbocycles. The summed E-state index contributed by atoms with van der Waals surface area (Å²) < 4.78 is 31.2. The minimum atomic E-state index is -4.64. The molecule has 1 saturated heterocycles. The lowest BCUT2D eigenvalue weighted by Crippen LogP contribution is -2.42. The Kier molecular flexibility index (Phi) is 6.47. The maximum absolute atomic E-state index is 10.4. The zero-order valence-electron chi connectivity index (χ0n) is 8.18. The molecule has 0 aromatic carbocycles. The molecule has 2 atom stereocenters. The van der Waals surface area contributed by atoms with Crippen molar-refractivity contribution in [1.29, 1.82) is 0 Å². The molecule has 2 N–H and O–H groups in total. The number of nitrogens with zero attached hydrogens (tertiary/aromatic N) is 3. The summed E-state index contributed by atoms with van der Waals surface area (Å²) in [7, 11) is 0. The second-order valence-electron chi connectivity index (χ2n) is 2.99. The largest absolute Gasteiger partial charge is 0.446 e. The van der Waals surface area contributed by atoms with Crippen LogP contribution in [-0.4, -0.2) is 42.8 Å². The first kappa shape index (κ1) is 14.7. The molecule has 0 spiro atoms. The number of β-amino-alcohol motifs (C(OH)–C–C–N with tert-alkyl or cyclic N) is 1. The Labute approximate surface area is 89.1 Å². The molecule has 9 heteroatoms. The highest BCUT2D eigenvalue weighted by atomic mass is 19.4. The van der Waals surface area contributed by atoms with Crippen LogP contribution in [0.1, 0.15) is 6.42 Å². The number of alkyl halides is 3. The van der Waals surface area contributed by atoms with Crippen LogP contribution in [0.15, 0.2) is 5.11 Å². The van der Waals surface area contributed by atoms with Gasteiger partial charge in [0, 0.05) is 11.5 Å². The van der Waals surface area contributed by atoms with Crippen LogP contribution in [0.4, 0.5) is 13.2 Å². The van der Waals surface area contributed by atoms with E-state index in [1.54, 1.807) is 0 Å². The van der Waals surface area contributed by atoms with Crippen LogP contribution < -0.4 is 5.32 Å². The van der Waals surface area contributed by atoms with Crippen LogP contribution in [0.25, 0.3) is 10.4 Å². The molecule has 0 aromatic rings. The Bertz CT molecular complexity index is 265. The van der Waals surface area contributed by atoms with Gasteiger partial charge in [-0.05, 0) is 18.5 Å². The van der Waals surface area contributed by atoms with Crippen LogP contribution >= 0.6 is 0 Å². The van der Waals surface area contributed by atoms with Gasteiger partial charge in [0.15, 0.2) is 0 Å². The van der Waals surface area contributed by atoms with Gasteiger partial charge in [-0.1, -0.05) is 5.11 Å². The van der Waals surface area contributed by atoms with Gasteiger partial charge in [0.1, 0.15) is 0 Å². The number of aliphatic hydroxyl groups is 1. The molecule has 92 valence electrons. The van der Waals surface area contributed by atoms with Crippen molar-refractivity contribution in [2.45, 2.75) is 24.7 Å². The molecule has 0 unspecified atom stereocenters. The highest BCUT2D eigenvalue weighted by Gasteiger charge is 2.24. The van der Waals surface area contributed by atoms with Crippen molar-refractivity contribution < 1.29 is 23.1 Å². The number of azide groups is 1. The minimum absolute atomic E-state index is 0.230. The standard InChI is InChI=1S/C5H10N4O.C2HF3O/c6-9-8-4-1-2-7-3-5(4)10;3-2(4,5)1-6/h4-5,7,10H,1-3H2;1H/t4-,5+;/m1./s1. The van der Waals surface area contributed by atoms with Gasteiger partial charge in [0.2, 0.25) is 6.29 Å². The number of hydrogen-bond donors (Lipinski definition) is 2. The number of nitrogens with one attached hydrogen (secondary N) is 1. The number of hydrogen-bond acceptors (Lipinski definition) is 4. The lowest BCUT2D eigenvalue weighted by Gasteiger charge is -2.23. The van der Waals surface area contributed by atoms with E-state index in [0.717, 1.165) is 13.0 Å². The summed E-state index contributed by atoms with van der Waals surface area (Å²) in [6.07, 6.45) is -5.48. The highest BCUT2D eigenvalue weighted by Crippen LogP contribution is 2.08. The predicted octanol–water partition coefficient (Wildman–Crippen LogP) is 0.767. The predicted molar refractivity (Wildman–Crippen MR) is 48.5 cm³/mol. The van der Waals surface area contributed by atoms with Crippen LogP contribution in [0.5, 0.6) is 0 Å². The second-order valence-corrected chi connectivity index (χ2v) is 2.99. The molecule has 0 aromatic heterocycles. The zero-order valence-corrected chi connectivity index (χ0v) is 8.18. The van der Waals surface area contributed by atoms with E-state index in [0.29, 0.717) is 6.54 Å². The molecule has 6 nitrogen and oxygen atoms in total. The van der Waals surface area contributed by atoms with Gasteiger partial charge in [0.25, 0.3) is 0 Å². The molecule has 0 saturated carbocycles. The van der Waals surface area contributed by atoms with Gasteiger partial charge in [-0.15, -0.1) is 0 Å². The molecule has 1 rings (SSSR count). The topological polar surface area (TPSA) is 98.1 Å². The maximum atomic E-state index is 10.4. The van der Waals surface area contributed by atoms with Gasteiger partial charge in [-0.3, -0.25) is 4.79 Å². The van der Waals surface area contributed by atoms with E-state index in [9.17, 15) is 18.3 Å². The third-order valence-electron chi connectivity index (χ3n) is 1.75. The monoisotopic (exact) mass is 240 g/mol. The maximum Gasteiger partial charge on any atom is 0.446 e. The molecule has 1 aliphatic rings. The fraction of sp³-hybridized carbons (Fsp3) is 0.857. The Morgan fingerprint density at radius 1 is 1.56 bits per heavy atom. The molecular weight excluding hydrogens is 229 g/mol. The summed E-state index contributed by atoms with van der Waals surface area (Å²) in [5.41, 5.74) is 8.06. The quantitative estimate of drug-likeness (QED) is 0.306. The van der Waals surface area contributed by atoms with Gasteiger partial charge < -0.3 is 10.4 Å². The molecule has 16 heavy (non-hydrogen) atoms. The fourth-order valence-corrected chi connectivity index (χ4v) is 1.03. The molecule has 1 heterocycles. The Morgan fingerprint density at radius 2 is 2.12 bits per heavy atom. The number of piperidine rings is 1. The van der Waals surface area contributed by atoms with E-state index in [2.05, 4.69) is 15.3 Å². The molecule has 1 aliphatic heterocycles. The number of carbonyl (C=O) groups excluding carboxylic acids is 1. The van der Waals surface area contributed by atoms with E-state index < -0.39 is 18.6 Å². The van der Waals surface area contributed by atoms with Gasteiger partial charge in [-0.25, -0.2) is 0 Å². The molecule has 0 bridgehead atoms. The van der Waals surface area contributed by atoms with Gasteiger partial charge >= 0.3 is 6.18 Å². The first-order chi connectivity index (χ1) is 7.40. The number of carbonyl (C=O) groups is 1. The van der Waals surface area contributed by atoms with E-state index in [1.807, 2.05) is 0 Å². The lowest BCUT2D eigenvalue weighted by atomic mass is 10.1. The van der Waals surface area contributed by atoms with Gasteiger partial charge in [0.05, 0.1) is 12.1 Å². The van der Waals surface area contributed by atoms with Crippen molar-refractivity contribution in [2.24, 2.45) is 5.11 Å². The summed E-state index contributed by atoms with van der Waals surface area (Å²) >= 11 is 0. The number of halogens is 3. The average Bonchev–Trinajstić information content (AvgIpc) is 2.22. The third-order valence-corrected chi connectivity index (χ3v) is 1.75. The molecular formula is C7H11F3N4O2. The van der Waals surface area contributed by atoms with Crippen molar-refractivity contribution in [3.63, 3.8) is 0 Å². The van der Waals surface area contributed by atoms with Crippen LogP contribution in [-0.2, 0) is 4.79 Å². The zero-order chi connectivity index (χ0) is 12.6. The number of rotatable bonds is 1. The SMILES string of the molecule is O=CC(F)(F)F.[N-]=[N+]=N[C@@H]1CCNC[C@@H]1O. The van der Waals surface area contributed by atoms with E-state index in [-0.39, 0.29) is 6.04 Å². The third kappa shape index (κ3) is 7.04. The summed E-state index contributed by atoms with van der Waals surface area (Å²) in [6, 6.07) is -0.230. The summed E-state index contributed by atoms with van der Waals surface area (Å²) in [6.45, 7) is 1.35. The highest BCUT2D eigenvalue weighted by molar-refractivity contribution is 5.56. The first-order valence-electron chi connectivity index (χ1n) is 4.36. The van der Waals surface area contributed by atoms with Crippen molar-refractivity contribution in [3.8, 4) is 0 Å². The Morgan fingerprint density at radius 3 is 2.50 bits per heavy atom.